The van der Waals surface area contributed by atoms with E-state index in [4.69, 9.17) is 5.73 Å². The lowest BCUT2D eigenvalue weighted by Crippen LogP contribution is -2.04. The number of hydrogen-bond donors (Lipinski definition) is 2. The van der Waals surface area contributed by atoms with Gasteiger partial charge in [-0.25, -0.2) is 4.39 Å². The Hall–Kier alpha value is -2.10. The molecule has 1 heterocycles. The number of rotatable bonds is 3. The van der Waals surface area contributed by atoms with Gasteiger partial charge in [-0.3, -0.25) is 4.98 Å². The average Bonchev–Trinajstić information content (AvgIpc) is 2.30. The van der Waals surface area contributed by atoms with E-state index in [1.807, 2.05) is 19.2 Å². The summed E-state index contributed by atoms with van der Waals surface area (Å²) in [5.74, 6) is -0.326. The molecule has 0 atom stereocenters. The molecule has 0 spiro atoms. The van der Waals surface area contributed by atoms with Crippen molar-refractivity contribution in [2.45, 2.75) is 13.5 Å². The summed E-state index contributed by atoms with van der Waals surface area (Å²) in [4.78, 5) is 4.03. The number of nitrogens with one attached hydrogen (secondary N) is 1. The highest BCUT2D eigenvalue weighted by atomic mass is 19.1. The Kier molecular flexibility index (Phi) is 3.23. The summed E-state index contributed by atoms with van der Waals surface area (Å²) >= 11 is 0. The van der Waals surface area contributed by atoms with Crippen molar-refractivity contribution in [2.24, 2.45) is 0 Å². The zero-order valence-corrected chi connectivity index (χ0v) is 9.57. The fourth-order valence-corrected chi connectivity index (χ4v) is 1.59. The van der Waals surface area contributed by atoms with Crippen molar-refractivity contribution < 1.29 is 4.39 Å². The lowest BCUT2D eigenvalue weighted by molar-refractivity contribution is 0.628. The van der Waals surface area contributed by atoms with Crippen LogP contribution in [-0.4, -0.2) is 4.98 Å². The Morgan fingerprint density at radius 3 is 2.88 bits per heavy atom. The summed E-state index contributed by atoms with van der Waals surface area (Å²) in [5, 5.41) is 3.18. The molecule has 0 saturated heterocycles. The van der Waals surface area contributed by atoms with Crippen molar-refractivity contribution >= 4 is 11.4 Å². The van der Waals surface area contributed by atoms with Crippen LogP contribution in [0.4, 0.5) is 15.8 Å². The quantitative estimate of drug-likeness (QED) is 0.798. The van der Waals surface area contributed by atoms with Gasteiger partial charge in [0.25, 0.3) is 0 Å². The van der Waals surface area contributed by atoms with E-state index in [2.05, 4.69) is 10.3 Å². The van der Waals surface area contributed by atoms with E-state index in [1.165, 1.54) is 12.1 Å². The monoisotopic (exact) mass is 231 g/mol. The maximum Gasteiger partial charge on any atom is 0.125 e. The summed E-state index contributed by atoms with van der Waals surface area (Å²) in [6, 6.07) is 6.28. The van der Waals surface area contributed by atoms with E-state index in [0.29, 0.717) is 12.2 Å². The van der Waals surface area contributed by atoms with Crippen molar-refractivity contribution in [2.75, 3.05) is 11.1 Å². The topological polar surface area (TPSA) is 50.9 Å². The SMILES string of the molecule is Cc1cnccc1CNc1ccc(F)cc1N. The molecule has 17 heavy (non-hydrogen) atoms. The normalized spacial score (nSPS) is 10.2. The predicted molar refractivity (Wildman–Crippen MR) is 67.1 cm³/mol. The van der Waals surface area contributed by atoms with Crippen LogP contribution in [0.15, 0.2) is 36.7 Å². The molecule has 3 nitrogen and oxygen atoms in total. The molecule has 2 rings (SSSR count). The second-order valence-corrected chi connectivity index (χ2v) is 3.89. The minimum atomic E-state index is -0.326. The van der Waals surface area contributed by atoms with Crippen LogP contribution >= 0.6 is 0 Å². The Bertz CT molecular complexity index is 526. The van der Waals surface area contributed by atoms with E-state index < -0.39 is 0 Å². The zero-order chi connectivity index (χ0) is 12.3. The number of halogens is 1. The Morgan fingerprint density at radius 2 is 2.18 bits per heavy atom. The maximum absolute atomic E-state index is 12.9. The number of nitrogen functional groups attached to an aromatic ring is 1. The molecule has 2 aromatic rings. The first-order valence-electron chi connectivity index (χ1n) is 5.35. The van der Waals surface area contributed by atoms with Crippen molar-refractivity contribution in [1.82, 2.24) is 4.98 Å². The van der Waals surface area contributed by atoms with Crippen LogP contribution in [0, 0.1) is 12.7 Å². The first-order valence-corrected chi connectivity index (χ1v) is 5.35. The molecule has 0 amide bonds. The molecular weight excluding hydrogens is 217 g/mol. The number of benzene rings is 1. The van der Waals surface area contributed by atoms with Crippen molar-refractivity contribution in [1.29, 1.82) is 0 Å². The first kappa shape index (κ1) is 11.4. The number of aromatic nitrogens is 1. The molecule has 0 radical (unpaired) electrons. The fourth-order valence-electron chi connectivity index (χ4n) is 1.59. The van der Waals surface area contributed by atoms with Crippen LogP contribution in [0.5, 0.6) is 0 Å². The molecule has 0 aliphatic carbocycles. The van der Waals surface area contributed by atoms with E-state index in [1.54, 1.807) is 12.3 Å². The summed E-state index contributed by atoms with van der Waals surface area (Å²) in [6.07, 6.45) is 3.56. The van der Waals surface area contributed by atoms with Gasteiger partial charge in [0.1, 0.15) is 5.82 Å². The third-order valence-electron chi connectivity index (χ3n) is 2.62. The Morgan fingerprint density at radius 1 is 1.35 bits per heavy atom. The zero-order valence-electron chi connectivity index (χ0n) is 9.57. The van der Waals surface area contributed by atoms with Gasteiger partial charge < -0.3 is 11.1 Å². The highest BCUT2D eigenvalue weighted by molar-refractivity contribution is 5.65. The highest BCUT2D eigenvalue weighted by Gasteiger charge is 2.02. The summed E-state index contributed by atoms with van der Waals surface area (Å²) in [7, 11) is 0. The maximum atomic E-state index is 12.9. The van der Waals surface area contributed by atoms with Crippen LogP contribution in [0.2, 0.25) is 0 Å². The molecule has 88 valence electrons. The van der Waals surface area contributed by atoms with E-state index in [0.717, 1.165) is 16.8 Å². The highest BCUT2D eigenvalue weighted by Crippen LogP contribution is 2.20. The second-order valence-electron chi connectivity index (χ2n) is 3.89. The van der Waals surface area contributed by atoms with Crippen molar-refractivity contribution in [3.05, 3.63) is 53.6 Å². The summed E-state index contributed by atoms with van der Waals surface area (Å²) in [5.41, 5.74) is 9.11. The van der Waals surface area contributed by atoms with E-state index in [-0.39, 0.29) is 5.82 Å². The van der Waals surface area contributed by atoms with Gasteiger partial charge >= 0.3 is 0 Å². The standard InChI is InChI=1S/C13H14FN3/c1-9-7-16-5-4-10(9)8-17-13-3-2-11(14)6-12(13)15/h2-7,17H,8,15H2,1H3. The third kappa shape index (κ3) is 2.72. The summed E-state index contributed by atoms with van der Waals surface area (Å²) < 4.78 is 12.9. The Labute approximate surface area is 99.5 Å². The van der Waals surface area contributed by atoms with Gasteiger partial charge in [0, 0.05) is 18.9 Å². The number of nitrogens with two attached hydrogens (primary N) is 1. The van der Waals surface area contributed by atoms with Gasteiger partial charge in [0.15, 0.2) is 0 Å². The molecule has 0 fully saturated rings. The Balaban J connectivity index is 2.10. The molecule has 3 N–H and O–H groups in total. The lowest BCUT2D eigenvalue weighted by atomic mass is 10.1. The van der Waals surface area contributed by atoms with Crippen LogP contribution in [0.1, 0.15) is 11.1 Å². The molecule has 0 aliphatic rings. The smallest absolute Gasteiger partial charge is 0.125 e. The van der Waals surface area contributed by atoms with Gasteiger partial charge in [-0.15, -0.1) is 0 Å². The minimum absolute atomic E-state index is 0.326. The predicted octanol–water partition coefficient (Wildman–Crippen LogP) is 2.72. The van der Waals surface area contributed by atoms with Gasteiger partial charge in [-0.05, 0) is 42.3 Å². The molecular formula is C13H14FN3. The molecule has 1 aromatic carbocycles. The number of aryl methyl sites for hydroxylation is 1. The van der Waals surface area contributed by atoms with Crippen LogP contribution in [-0.2, 0) is 6.54 Å². The number of hydrogen-bond acceptors (Lipinski definition) is 3. The van der Waals surface area contributed by atoms with E-state index in [9.17, 15) is 4.39 Å². The molecule has 1 aromatic heterocycles. The second kappa shape index (κ2) is 4.82. The largest absolute Gasteiger partial charge is 0.397 e. The van der Waals surface area contributed by atoms with Gasteiger partial charge in [-0.2, -0.15) is 0 Å². The lowest BCUT2D eigenvalue weighted by Gasteiger charge is -2.10. The van der Waals surface area contributed by atoms with Gasteiger partial charge in [0.05, 0.1) is 11.4 Å². The molecule has 4 heteroatoms. The van der Waals surface area contributed by atoms with E-state index >= 15 is 0 Å². The molecule has 0 unspecified atom stereocenters. The van der Waals surface area contributed by atoms with Crippen LogP contribution < -0.4 is 11.1 Å². The fraction of sp³-hybridized carbons (Fsp3) is 0.154. The third-order valence-corrected chi connectivity index (χ3v) is 2.62. The number of pyridine rings is 1. The average molecular weight is 231 g/mol. The molecule has 0 bridgehead atoms. The van der Waals surface area contributed by atoms with Crippen LogP contribution in [0.25, 0.3) is 0 Å². The van der Waals surface area contributed by atoms with Crippen LogP contribution in [0.3, 0.4) is 0 Å². The first-order chi connectivity index (χ1) is 8.16. The van der Waals surface area contributed by atoms with Gasteiger partial charge in [-0.1, -0.05) is 0 Å². The number of anilines is 2. The van der Waals surface area contributed by atoms with Gasteiger partial charge in [0.2, 0.25) is 0 Å². The molecule has 0 aliphatic heterocycles. The van der Waals surface area contributed by atoms with Crippen molar-refractivity contribution in [3.8, 4) is 0 Å². The molecule has 0 saturated carbocycles. The number of nitrogens with zero attached hydrogens (tertiary/aromatic N) is 1. The van der Waals surface area contributed by atoms with Crippen molar-refractivity contribution in [3.63, 3.8) is 0 Å². The summed E-state index contributed by atoms with van der Waals surface area (Å²) in [6.45, 7) is 2.64. The minimum Gasteiger partial charge on any atom is -0.397 e.